The van der Waals surface area contributed by atoms with E-state index in [4.69, 9.17) is 10.2 Å². The standard InChI is InChI=1S/C15H12N2O5/c18-13(10-5-1-2-6-11(10)14(19)20)16-8-9-4-3-7-12(17-9)15(21)22/h1-7H,8H2,(H,16,18)(H,19,20)(H,21,22). The van der Waals surface area contributed by atoms with Gasteiger partial charge in [0.1, 0.15) is 5.69 Å². The molecule has 1 heterocycles. The maximum atomic E-state index is 12.0. The quantitative estimate of drug-likeness (QED) is 0.768. The smallest absolute Gasteiger partial charge is 0.354 e. The van der Waals surface area contributed by atoms with Gasteiger partial charge in [-0.05, 0) is 24.3 Å². The summed E-state index contributed by atoms with van der Waals surface area (Å²) in [7, 11) is 0. The molecular weight excluding hydrogens is 288 g/mol. The molecule has 0 aliphatic heterocycles. The van der Waals surface area contributed by atoms with E-state index >= 15 is 0 Å². The van der Waals surface area contributed by atoms with Gasteiger partial charge in [-0.3, -0.25) is 4.79 Å². The molecule has 0 saturated heterocycles. The zero-order valence-electron chi connectivity index (χ0n) is 11.3. The summed E-state index contributed by atoms with van der Waals surface area (Å²) in [6, 6.07) is 10.2. The summed E-state index contributed by atoms with van der Waals surface area (Å²) in [5.74, 6) is -2.93. The molecule has 1 aromatic carbocycles. The molecule has 2 rings (SSSR count). The molecule has 1 amide bonds. The van der Waals surface area contributed by atoms with Crippen LogP contribution >= 0.6 is 0 Å². The summed E-state index contributed by atoms with van der Waals surface area (Å²) in [5, 5.41) is 20.4. The number of rotatable bonds is 5. The lowest BCUT2D eigenvalue weighted by molar-refractivity contribution is 0.0680. The van der Waals surface area contributed by atoms with Crippen molar-refractivity contribution in [2.45, 2.75) is 6.54 Å². The Kier molecular flexibility index (Phi) is 4.47. The number of nitrogens with one attached hydrogen (secondary N) is 1. The molecule has 0 aliphatic rings. The average Bonchev–Trinajstić information content (AvgIpc) is 2.52. The maximum absolute atomic E-state index is 12.0. The molecule has 112 valence electrons. The maximum Gasteiger partial charge on any atom is 0.354 e. The van der Waals surface area contributed by atoms with Gasteiger partial charge in [0, 0.05) is 0 Å². The van der Waals surface area contributed by atoms with Crippen molar-refractivity contribution in [2.24, 2.45) is 0 Å². The number of carbonyl (C=O) groups excluding carboxylic acids is 1. The fourth-order valence-electron chi connectivity index (χ4n) is 1.83. The number of carbonyl (C=O) groups is 3. The van der Waals surface area contributed by atoms with Crippen molar-refractivity contribution in [3.05, 3.63) is 65.0 Å². The normalized spacial score (nSPS) is 10.0. The number of nitrogens with zero attached hydrogens (tertiary/aromatic N) is 1. The summed E-state index contributed by atoms with van der Waals surface area (Å²) in [6.07, 6.45) is 0. The zero-order valence-corrected chi connectivity index (χ0v) is 11.3. The van der Waals surface area contributed by atoms with Crippen molar-refractivity contribution in [1.29, 1.82) is 0 Å². The van der Waals surface area contributed by atoms with Crippen LogP contribution in [0.3, 0.4) is 0 Å². The van der Waals surface area contributed by atoms with Gasteiger partial charge in [-0.2, -0.15) is 0 Å². The Labute approximate surface area is 125 Å². The molecule has 0 bridgehead atoms. The lowest BCUT2D eigenvalue weighted by Crippen LogP contribution is -2.25. The van der Waals surface area contributed by atoms with Crippen LogP contribution in [0, 0.1) is 0 Å². The molecule has 0 radical (unpaired) electrons. The molecule has 7 heteroatoms. The Hall–Kier alpha value is -3.22. The molecule has 2 aromatic rings. The predicted octanol–water partition coefficient (Wildman–Crippen LogP) is 1.41. The number of amides is 1. The third-order valence-electron chi connectivity index (χ3n) is 2.86. The molecule has 0 fully saturated rings. The highest BCUT2D eigenvalue weighted by molar-refractivity contribution is 6.04. The molecule has 0 saturated carbocycles. The van der Waals surface area contributed by atoms with E-state index in [2.05, 4.69) is 10.3 Å². The average molecular weight is 300 g/mol. The van der Waals surface area contributed by atoms with E-state index in [0.29, 0.717) is 5.69 Å². The number of benzene rings is 1. The number of hydrogen-bond acceptors (Lipinski definition) is 4. The Balaban J connectivity index is 2.12. The van der Waals surface area contributed by atoms with Crippen LogP contribution < -0.4 is 5.32 Å². The fourth-order valence-corrected chi connectivity index (χ4v) is 1.83. The highest BCUT2D eigenvalue weighted by Gasteiger charge is 2.15. The molecule has 0 unspecified atom stereocenters. The Morgan fingerprint density at radius 2 is 1.59 bits per heavy atom. The molecule has 0 spiro atoms. The van der Waals surface area contributed by atoms with E-state index < -0.39 is 17.8 Å². The van der Waals surface area contributed by atoms with Crippen molar-refractivity contribution in [3.8, 4) is 0 Å². The third kappa shape index (κ3) is 3.45. The Bertz CT molecular complexity index is 742. The van der Waals surface area contributed by atoms with E-state index in [9.17, 15) is 14.4 Å². The van der Waals surface area contributed by atoms with Crippen molar-refractivity contribution in [1.82, 2.24) is 10.3 Å². The number of aromatic carboxylic acids is 2. The van der Waals surface area contributed by atoms with Crippen LogP contribution in [0.2, 0.25) is 0 Å². The van der Waals surface area contributed by atoms with Crippen LogP contribution in [0.15, 0.2) is 42.5 Å². The van der Waals surface area contributed by atoms with Crippen molar-refractivity contribution >= 4 is 17.8 Å². The minimum atomic E-state index is -1.20. The second-order valence-electron chi connectivity index (χ2n) is 4.35. The summed E-state index contributed by atoms with van der Waals surface area (Å²) in [5.41, 5.74) is 0.162. The second kappa shape index (κ2) is 6.49. The zero-order chi connectivity index (χ0) is 16.1. The van der Waals surface area contributed by atoms with Gasteiger partial charge in [-0.1, -0.05) is 18.2 Å². The third-order valence-corrected chi connectivity index (χ3v) is 2.86. The highest BCUT2D eigenvalue weighted by Crippen LogP contribution is 2.09. The predicted molar refractivity (Wildman–Crippen MR) is 75.8 cm³/mol. The number of carboxylic acids is 2. The van der Waals surface area contributed by atoms with Crippen molar-refractivity contribution in [2.75, 3.05) is 0 Å². The van der Waals surface area contributed by atoms with Gasteiger partial charge in [-0.15, -0.1) is 0 Å². The first kappa shape index (κ1) is 15.2. The summed E-state index contributed by atoms with van der Waals surface area (Å²) < 4.78 is 0. The van der Waals surface area contributed by atoms with E-state index in [0.717, 1.165) is 0 Å². The minimum Gasteiger partial charge on any atom is -0.478 e. The first-order valence-electron chi connectivity index (χ1n) is 6.29. The number of hydrogen-bond donors (Lipinski definition) is 3. The van der Waals surface area contributed by atoms with Crippen LogP contribution in [0.5, 0.6) is 0 Å². The van der Waals surface area contributed by atoms with E-state index in [-0.39, 0.29) is 23.4 Å². The van der Waals surface area contributed by atoms with Crippen LogP contribution in [0.1, 0.15) is 36.9 Å². The fraction of sp³-hybridized carbons (Fsp3) is 0.0667. The summed E-state index contributed by atoms with van der Waals surface area (Å²) in [6.45, 7) is -0.00604. The number of carboxylic acid groups (broad SMARTS) is 2. The van der Waals surface area contributed by atoms with Crippen molar-refractivity contribution in [3.63, 3.8) is 0 Å². The van der Waals surface area contributed by atoms with Crippen LogP contribution in [-0.2, 0) is 6.54 Å². The van der Waals surface area contributed by atoms with Gasteiger partial charge in [0.2, 0.25) is 0 Å². The first-order chi connectivity index (χ1) is 10.5. The van der Waals surface area contributed by atoms with Crippen LogP contribution in [-0.4, -0.2) is 33.0 Å². The van der Waals surface area contributed by atoms with Crippen molar-refractivity contribution < 1.29 is 24.6 Å². The SMILES string of the molecule is O=C(O)c1cccc(CNC(=O)c2ccccc2C(=O)O)n1. The molecule has 0 aliphatic carbocycles. The second-order valence-corrected chi connectivity index (χ2v) is 4.35. The van der Waals surface area contributed by atoms with Gasteiger partial charge < -0.3 is 15.5 Å². The lowest BCUT2D eigenvalue weighted by Gasteiger charge is -2.07. The Morgan fingerprint density at radius 1 is 0.909 bits per heavy atom. The van der Waals surface area contributed by atoms with Gasteiger partial charge in [0.25, 0.3) is 5.91 Å². The van der Waals surface area contributed by atoms with Gasteiger partial charge in [0.05, 0.1) is 23.4 Å². The van der Waals surface area contributed by atoms with Gasteiger partial charge >= 0.3 is 11.9 Å². The van der Waals surface area contributed by atoms with E-state index in [1.54, 1.807) is 12.1 Å². The summed E-state index contributed by atoms with van der Waals surface area (Å²) in [4.78, 5) is 37.8. The number of aromatic nitrogens is 1. The first-order valence-corrected chi connectivity index (χ1v) is 6.29. The molecule has 22 heavy (non-hydrogen) atoms. The monoisotopic (exact) mass is 300 g/mol. The summed E-state index contributed by atoms with van der Waals surface area (Å²) >= 11 is 0. The van der Waals surface area contributed by atoms with E-state index in [1.165, 1.54) is 30.3 Å². The Morgan fingerprint density at radius 3 is 2.23 bits per heavy atom. The molecule has 7 nitrogen and oxygen atoms in total. The van der Waals surface area contributed by atoms with Gasteiger partial charge in [0.15, 0.2) is 0 Å². The highest BCUT2D eigenvalue weighted by atomic mass is 16.4. The largest absolute Gasteiger partial charge is 0.478 e. The number of pyridine rings is 1. The van der Waals surface area contributed by atoms with Crippen LogP contribution in [0.25, 0.3) is 0 Å². The van der Waals surface area contributed by atoms with Crippen LogP contribution in [0.4, 0.5) is 0 Å². The minimum absolute atomic E-state index is 0.00604. The lowest BCUT2D eigenvalue weighted by atomic mass is 10.1. The van der Waals surface area contributed by atoms with E-state index in [1.807, 2.05) is 0 Å². The molecular formula is C15H12N2O5. The van der Waals surface area contributed by atoms with Gasteiger partial charge in [-0.25, -0.2) is 14.6 Å². The molecule has 0 atom stereocenters. The molecule has 3 N–H and O–H groups in total. The topological polar surface area (TPSA) is 117 Å². The molecule has 1 aromatic heterocycles.